The lowest BCUT2D eigenvalue weighted by atomic mass is 10.1. The topological polar surface area (TPSA) is 338 Å². The molecule has 9 aromatic rings. The van der Waals surface area contributed by atoms with Crippen molar-refractivity contribution >= 4 is 109 Å². The lowest BCUT2D eigenvalue weighted by molar-refractivity contribution is -0.118. The molecule has 0 aliphatic carbocycles. The van der Waals surface area contributed by atoms with Crippen LogP contribution in [0.25, 0.3) is 0 Å². The summed E-state index contributed by atoms with van der Waals surface area (Å²) in [5.74, 6) is 7.57. The van der Waals surface area contributed by atoms with Gasteiger partial charge in [-0.3, -0.25) is 48.6 Å². The summed E-state index contributed by atoms with van der Waals surface area (Å²) in [7, 11) is -0.970. The molecule has 34 heteroatoms. The number of carbonyl (C=O) groups excluding carboxylic acids is 4. The SMILES string of the molecule is CCC(CC)N1C(=O)Cc2cnc(Nc3ccc(N4CCN(S(C)(=O)=O)CC4)cc3)nc21.CCC(CC)N1C(=O)Cc2cnc(Nc3cccc(OCCN4CCN(C)CC4)c3)nc21.CCC(CC)N1C(=O)Cc2cnc(Nc3cccc(OCCN4CCOCC4)c3)nc21.CCC(CC)N1C(=O)Cc2cnc(Nc3cccc(OCCn4ccnc4)c3)nc21. The molecule has 0 saturated carbocycles. The number of sulfonamides is 1. The van der Waals surface area contributed by atoms with Gasteiger partial charge >= 0.3 is 0 Å². The number of hydrogen-bond donors (Lipinski definition) is 4. The molecule has 4 amide bonds. The van der Waals surface area contributed by atoms with Crippen molar-refractivity contribution in [3.8, 4) is 17.2 Å². The molecule has 0 unspecified atom stereocenters. The fraction of sp³-hybridized carbons (Fsp3) is 0.484. The van der Waals surface area contributed by atoms with Gasteiger partial charge in [0.1, 0.15) is 60.3 Å². The van der Waals surface area contributed by atoms with Crippen molar-refractivity contribution in [1.29, 1.82) is 0 Å². The van der Waals surface area contributed by atoms with Gasteiger partial charge in [-0.05, 0) is 119 Å². The smallest absolute Gasteiger partial charge is 0.233 e. The van der Waals surface area contributed by atoms with Crippen LogP contribution in [0, 0.1) is 0 Å². The minimum absolute atomic E-state index is 0.0838. The van der Waals surface area contributed by atoms with E-state index in [2.05, 4.69) is 148 Å². The summed E-state index contributed by atoms with van der Waals surface area (Å²) in [6.45, 7) is 31.4. The van der Waals surface area contributed by atoms with Crippen LogP contribution in [0.15, 0.2) is 141 Å². The van der Waals surface area contributed by atoms with Gasteiger partial charge in [-0.2, -0.15) is 24.2 Å². The molecular weight excluding hydrogens is 1610 g/mol. The molecule has 666 valence electrons. The highest BCUT2D eigenvalue weighted by Gasteiger charge is 2.38. The molecule has 4 N–H and O–H groups in total. The highest BCUT2D eigenvalue weighted by atomic mass is 32.2. The lowest BCUT2D eigenvalue weighted by Gasteiger charge is -2.34. The molecule has 0 radical (unpaired) electrons. The van der Waals surface area contributed by atoms with E-state index in [1.807, 2.05) is 127 Å². The predicted octanol–water partition coefficient (Wildman–Crippen LogP) is 11.9. The Kier molecular flexibility index (Phi) is 32.0. The Morgan fingerprint density at radius 2 is 0.760 bits per heavy atom. The number of piperazine rings is 2. The molecule has 3 fully saturated rings. The number of benzene rings is 4. The quantitative estimate of drug-likeness (QED) is 0.0291. The van der Waals surface area contributed by atoms with Crippen LogP contribution in [0.2, 0.25) is 0 Å². The van der Waals surface area contributed by atoms with E-state index in [0.29, 0.717) is 101 Å². The fourth-order valence-corrected chi connectivity index (χ4v) is 17.3. The number of nitrogens with one attached hydrogen (secondary N) is 4. The molecule has 125 heavy (non-hydrogen) atoms. The summed E-state index contributed by atoms with van der Waals surface area (Å²) in [6, 6.07) is 31.9. The number of rotatable bonds is 34. The molecule has 3 saturated heterocycles. The zero-order chi connectivity index (χ0) is 87.9. The van der Waals surface area contributed by atoms with Crippen molar-refractivity contribution in [3.05, 3.63) is 163 Å². The van der Waals surface area contributed by atoms with Crippen LogP contribution in [-0.2, 0) is 66.2 Å². The number of carbonyl (C=O) groups is 4. The first-order valence-electron chi connectivity index (χ1n) is 44.2. The van der Waals surface area contributed by atoms with Gasteiger partial charge in [0.25, 0.3) is 0 Å². The van der Waals surface area contributed by atoms with Gasteiger partial charge in [0, 0.05) is 209 Å². The van der Waals surface area contributed by atoms with Crippen LogP contribution in [0.3, 0.4) is 0 Å². The lowest BCUT2D eigenvalue weighted by Crippen LogP contribution is -2.48. The highest BCUT2D eigenvalue weighted by molar-refractivity contribution is 7.88. The number of anilines is 13. The maximum Gasteiger partial charge on any atom is 0.233 e. The van der Waals surface area contributed by atoms with Crippen LogP contribution in [0.4, 0.5) is 75.5 Å². The molecule has 33 nitrogen and oxygen atoms in total. The minimum Gasteiger partial charge on any atom is -0.492 e. The van der Waals surface area contributed by atoms with Crippen LogP contribution in [0.1, 0.15) is 129 Å². The van der Waals surface area contributed by atoms with Crippen LogP contribution in [0.5, 0.6) is 17.2 Å². The first-order chi connectivity index (χ1) is 60.7. The molecule has 7 aliphatic rings. The van der Waals surface area contributed by atoms with Crippen molar-refractivity contribution in [3.63, 3.8) is 0 Å². The zero-order valence-electron chi connectivity index (χ0n) is 73.8. The molecule has 0 bridgehead atoms. The van der Waals surface area contributed by atoms with Gasteiger partial charge in [-0.25, -0.2) is 33.3 Å². The highest BCUT2D eigenvalue weighted by Crippen LogP contribution is 2.37. The number of ether oxygens (including phenoxy) is 4. The molecular formula is C91H121N23O10S. The monoisotopic (exact) mass is 1730 g/mol. The number of amides is 4. The molecule has 16 rings (SSSR count). The van der Waals surface area contributed by atoms with E-state index in [0.717, 1.165) is 209 Å². The first-order valence-corrected chi connectivity index (χ1v) is 46.0. The van der Waals surface area contributed by atoms with E-state index in [9.17, 15) is 27.6 Å². The summed E-state index contributed by atoms with van der Waals surface area (Å²) in [4.78, 5) is 107. The number of nitrogens with zero attached hydrogens (tertiary/aromatic N) is 19. The normalized spacial score (nSPS) is 16.0. The van der Waals surface area contributed by atoms with Gasteiger partial charge in [0.05, 0.1) is 58.0 Å². The fourth-order valence-electron chi connectivity index (χ4n) is 16.5. The Labute approximate surface area is 734 Å². The Morgan fingerprint density at radius 1 is 0.416 bits per heavy atom. The van der Waals surface area contributed by atoms with Gasteiger partial charge in [0.15, 0.2) is 0 Å². The molecule has 5 aromatic heterocycles. The number of fused-ring (bicyclic) bond motifs is 4. The van der Waals surface area contributed by atoms with Crippen LogP contribution < -0.4 is 60.0 Å². The van der Waals surface area contributed by atoms with Gasteiger partial charge in [-0.1, -0.05) is 73.6 Å². The predicted molar refractivity (Wildman–Crippen MR) is 488 cm³/mol. The zero-order valence-corrected chi connectivity index (χ0v) is 74.6. The second-order valence-electron chi connectivity index (χ2n) is 32.0. The number of morpholine rings is 1. The van der Waals surface area contributed by atoms with E-state index in [-0.39, 0.29) is 47.8 Å². The third kappa shape index (κ3) is 23.9. The van der Waals surface area contributed by atoms with Crippen LogP contribution >= 0.6 is 0 Å². The van der Waals surface area contributed by atoms with E-state index < -0.39 is 10.0 Å². The summed E-state index contributed by atoms with van der Waals surface area (Å²) in [5, 5.41) is 13.0. The second-order valence-corrected chi connectivity index (χ2v) is 34.0. The summed E-state index contributed by atoms with van der Waals surface area (Å²) >= 11 is 0. The largest absolute Gasteiger partial charge is 0.492 e. The van der Waals surface area contributed by atoms with Crippen molar-refractivity contribution in [1.82, 2.24) is 68.4 Å². The third-order valence-electron chi connectivity index (χ3n) is 23.6. The average Bonchev–Trinajstić information content (AvgIpc) is 1.65. The third-order valence-corrected chi connectivity index (χ3v) is 25.0. The molecule has 0 atom stereocenters. The van der Waals surface area contributed by atoms with Crippen molar-refractivity contribution in [2.45, 2.75) is 163 Å². The Hall–Kier alpha value is -11.6. The van der Waals surface area contributed by atoms with Crippen LogP contribution in [-0.4, -0.2) is 250 Å². The maximum atomic E-state index is 12.6. The minimum atomic E-state index is -3.14. The van der Waals surface area contributed by atoms with Crippen molar-refractivity contribution < 1.29 is 46.5 Å². The van der Waals surface area contributed by atoms with E-state index in [1.165, 1.54) is 10.6 Å². The number of imidazole rings is 1. The van der Waals surface area contributed by atoms with Crippen molar-refractivity contribution in [2.75, 3.05) is 171 Å². The van der Waals surface area contributed by atoms with E-state index in [1.54, 1.807) is 37.3 Å². The summed E-state index contributed by atoms with van der Waals surface area (Å²) in [5.41, 5.74) is 7.98. The summed E-state index contributed by atoms with van der Waals surface area (Å²) < 4.78 is 50.0. The Bertz CT molecular complexity index is 5170. The second kappa shape index (κ2) is 43.9. The van der Waals surface area contributed by atoms with E-state index in [4.69, 9.17) is 18.9 Å². The Balaban J connectivity index is 0.000000143. The maximum absolute atomic E-state index is 12.6. The van der Waals surface area contributed by atoms with Crippen molar-refractivity contribution in [2.24, 2.45) is 0 Å². The number of likely N-dealkylation sites (N-methyl/N-ethyl adjacent to an activating group) is 1. The Morgan fingerprint density at radius 3 is 1.10 bits per heavy atom. The molecule has 12 heterocycles. The molecule has 7 aliphatic heterocycles. The number of hydrogen-bond acceptors (Lipinski definition) is 27. The average molecular weight is 1730 g/mol. The van der Waals surface area contributed by atoms with Gasteiger partial charge in [-0.15, -0.1) is 0 Å². The molecule has 0 spiro atoms. The molecule has 4 aromatic carbocycles. The van der Waals surface area contributed by atoms with Gasteiger partial charge in [0.2, 0.25) is 57.4 Å². The van der Waals surface area contributed by atoms with Gasteiger partial charge < -0.3 is 54.6 Å². The van der Waals surface area contributed by atoms with E-state index >= 15 is 0 Å². The first kappa shape index (κ1) is 91.1. The number of aromatic nitrogens is 10. The summed E-state index contributed by atoms with van der Waals surface area (Å²) in [6.07, 6.45) is 22.3. The standard InChI is InChI=1S/C24H34N6O2.C23H31N5O3.C22H30N6O3S.C22H26N6O2/c1-4-20(5-2)30-22(31)15-18-17-25-24(27-23(18)30)26-19-7-6-8-21(16-19)32-14-13-29-11-9-28(3)10-12-29;1-3-19(4-2)28-21(29)14-17-16-24-23(26-22(17)28)25-18-6-5-7-20(15-18)31-13-10-27-8-11-30-12-9-27;1-4-18(5-2)28-20(29)14-16-15-23-22(25-21(16)28)24-17-6-8-19(9-7-17)26-10-12-27(13-11-26)32(3,30)31;1-3-18(4-2)28-20(29)12-16-14-24-22(26-21(16)28)25-17-6-5-7-19(13-17)30-11-10-27-9-8-23-15-27/h6-8,16-17,20H,4-5,9-15H2,1-3H3,(H,25,26,27);5-7,15-16,19H,3-4,8-14H2,1-2H3,(H,24,25,26);6-9,15,18H,4-5,10-14H2,1-3H3,(H,23,24,25);5-9,13-15,18H,3-4,10-12H2,1-2H3,(H,24,25,26).